The summed E-state index contributed by atoms with van der Waals surface area (Å²) in [5.41, 5.74) is 2.23. The molecule has 0 spiro atoms. The van der Waals surface area contributed by atoms with Crippen LogP contribution in [-0.2, 0) is 25.1 Å². The Morgan fingerprint density at radius 3 is 2.62 bits per heavy atom. The number of hydrogen-bond acceptors (Lipinski definition) is 3. The van der Waals surface area contributed by atoms with Crippen LogP contribution in [-0.4, -0.2) is 28.9 Å². The van der Waals surface area contributed by atoms with Crippen molar-refractivity contribution < 1.29 is 9.84 Å². The summed E-state index contributed by atoms with van der Waals surface area (Å²) in [7, 11) is 0.602. The van der Waals surface area contributed by atoms with Gasteiger partial charge >= 0.3 is 5.69 Å². The minimum atomic E-state index is -1.12. The summed E-state index contributed by atoms with van der Waals surface area (Å²) in [6, 6.07) is 6.65. The van der Waals surface area contributed by atoms with Crippen molar-refractivity contribution in [1.82, 2.24) is 9.13 Å². The molecule has 0 radical (unpaired) electrons. The first-order valence-electron chi connectivity index (χ1n) is 7.21. The fourth-order valence-electron chi connectivity index (χ4n) is 2.35. The second-order valence-electron chi connectivity index (χ2n) is 6.56. The molecule has 1 aromatic heterocycles. The number of aliphatic hydroxyl groups is 1. The number of hydrogen-bond donors (Lipinski definition) is 1. The molecule has 0 fully saturated rings. The minimum absolute atomic E-state index is 0.0783. The number of rotatable bonds is 6. The maximum absolute atomic E-state index is 12.3. The molecule has 0 amide bonds. The van der Waals surface area contributed by atoms with Gasteiger partial charge in [-0.25, -0.2) is 4.79 Å². The summed E-state index contributed by atoms with van der Waals surface area (Å²) in [6.07, 6.45) is 0. The number of benzene rings is 1. The average molecular weight is 308 g/mol. The van der Waals surface area contributed by atoms with Crippen molar-refractivity contribution in [2.45, 2.75) is 39.0 Å². The molecular formula is C15H24N2O3Si. The van der Waals surface area contributed by atoms with Crippen molar-refractivity contribution in [2.75, 3.05) is 6.61 Å². The third-order valence-electron chi connectivity index (χ3n) is 3.63. The molecule has 0 aliphatic heterocycles. The smallest absolute Gasteiger partial charge is 0.330 e. The summed E-state index contributed by atoms with van der Waals surface area (Å²) in [6.45, 7) is 7.76. The second-order valence-corrected chi connectivity index (χ2v) is 12.2. The lowest BCUT2D eigenvalue weighted by Gasteiger charge is -2.15. The molecule has 0 aliphatic rings. The van der Waals surface area contributed by atoms with Crippen molar-refractivity contribution in [3.63, 3.8) is 0 Å². The fourth-order valence-corrected chi connectivity index (χ4v) is 3.11. The van der Waals surface area contributed by atoms with Crippen LogP contribution in [0, 0.1) is 0 Å². The molecule has 0 saturated carbocycles. The Morgan fingerprint density at radius 2 is 2.00 bits per heavy atom. The van der Waals surface area contributed by atoms with Crippen LogP contribution < -0.4 is 5.69 Å². The lowest BCUT2D eigenvalue weighted by molar-refractivity contribution is 0.0873. The number of ether oxygens (including phenoxy) is 1. The van der Waals surface area contributed by atoms with Crippen LogP contribution in [0.2, 0.25) is 25.7 Å². The summed E-state index contributed by atoms with van der Waals surface area (Å²) in [5, 5.41) is 9.41. The standard InChI is InChI=1S/C15H24N2O3Si/c1-16-14-12(10-18)6-5-7-13(14)17(15(16)19)11-20-8-9-21(2,3)4/h5-7,18H,8-11H2,1-4H3. The van der Waals surface area contributed by atoms with Gasteiger partial charge in [0, 0.05) is 27.3 Å². The van der Waals surface area contributed by atoms with Crippen LogP contribution in [0.5, 0.6) is 0 Å². The third kappa shape index (κ3) is 3.45. The number of aliphatic hydroxyl groups excluding tert-OH is 1. The van der Waals surface area contributed by atoms with Gasteiger partial charge in [-0.1, -0.05) is 31.8 Å². The molecule has 6 heteroatoms. The quantitative estimate of drug-likeness (QED) is 0.657. The third-order valence-corrected chi connectivity index (χ3v) is 5.33. The zero-order chi connectivity index (χ0) is 15.6. The lowest BCUT2D eigenvalue weighted by Crippen LogP contribution is -2.25. The van der Waals surface area contributed by atoms with E-state index in [-0.39, 0.29) is 19.0 Å². The molecule has 5 nitrogen and oxygen atoms in total. The summed E-state index contributed by atoms with van der Waals surface area (Å²) >= 11 is 0. The molecule has 116 valence electrons. The van der Waals surface area contributed by atoms with E-state index < -0.39 is 8.07 Å². The summed E-state index contributed by atoms with van der Waals surface area (Å²) in [4.78, 5) is 12.3. The van der Waals surface area contributed by atoms with Crippen molar-refractivity contribution in [3.05, 3.63) is 34.2 Å². The molecule has 0 saturated heterocycles. The molecule has 1 heterocycles. The van der Waals surface area contributed by atoms with Gasteiger partial charge in [0.1, 0.15) is 6.73 Å². The van der Waals surface area contributed by atoms with Crippen LogP contribution in [0.15, 0.2) is 23.0 Å². The van der Waals surface area contributed by atoms with Gasteiger partial charge in [0.2, 0.25) is 0 Å². The number of fused-ring (bicyclic) bond motifs is 1. The first-order valence-corrected chi connectivity index (χ1v) is 10.9. The van der Waals surface area contributed by atoms with Gasteiger partial charge in [-0.15, -0.1) is 0 Å². The maximum Gasteiger partial charge on any atom is 0.330 e. The van der Waals surface area contributed by atoms with Gasteiger partial charge in [0.15, 0.2) is 0 Å². The van der Waals surface area contributed by atoms with E-state index >= 15 is 0 Å². The first-order chi connectivity index (χ1) is 9.85. The number of para-hydroxylation sites is 1. The Bertz CT molecular complexity index is 683. The van der Waals surface area contributed by atoms with E-state index in [2.05, 4.69) is 19.6 Å². The zero-order valence-electron chi connectivity index (χ0n) is 13.2. The highest BCUT2D eigenvalue weighted by Crippen LogP contribution is 2.17. The highest BCUT2D eigenvalue weighted by atomic mass is 28.3. The summed E-state index contributed by atoms with van der Waals surface area (Å²) < 4.78 is 8.89. The SMILES string of the molecule is Cn1c(=O)n(COCC[Si](C)(C)C)c2cccc(CO)c21. The van der Waals surface area contributed by atoms with Crippen LogP contribution in [0.1, 0.15) is 5.56 Å². The molecule has 1 N–H and O–H groups in total. The van der Waals surface area contributed by atoms with Crippen LogP contribution in [0.4, 0.5) is 0 Å². The molecule has 0 unspecified atom stereocenters. The Morgan fingerprint density at radius 1 is 1.29 bits per heavy atom. The van der Waals surface area contributed by atoms with Gasteiger partial charge in [0.05, 0.1) is 17.6 Å². The van der Waals surface area contributed by atoms with Crippen molar-refractivity contribution in [2.24, 2.45) is 7.05 Å². The number of nitrogens with zero attached hydrogens (tertiary/aromatic N) is 2. The summed E-state index contributed by atoms with van der Waals surface area (Å²) in [5.74, 6) is 0. The Balaban J connectivity index is 2.25. The molecule has 0 bridgehead atoms. The maximum atomic E-state index is 12.3. The van der Waals surface area contributed by atoms with Crippen LogP contribution in [0.25, 0.3) is 11.0 Å². The topological polar surface area (TPSA) is 56.4 Å². The highest BCUT2D eigenvalue weighted by molar-refractivity contribution is 6.76. The molecule has 2 rings (SSSR count). The predicted molar refractivity (Wildman–Crippen MR) is 87.2 cm³/mol. The molecule has 0 aliphatic carbocycles. The number of imidazole rings is 1. The van der Waals surface area contributed by atoms with E-state index in [4.69, 9.17) is 4.74 Å². The van der Waals surface area contributed by atoms with E-state index in [9.17, 15) is 9.90 Å². The number of aryl methyl sites for hydroxylation is 1. The van der Waals surface area contributed by atoms with E-state index in [0.29, 0.717) is 6.61 Å². The Kier molecular flexibility index (Phi) is 4.70. The van der Waals surface area contributed by atoms with Gasteiger partial charge in [-0.05, 0) is 12.1 Å². The van der Waals surface area contributed by atoms with E-state index in [1.54, 1.807) is 16.2 Å². The van der Waals surface area contributed by atoms with Gasteiger partial charge in [-0.2, -0.15) is 0 Å². The van der Waals surface area contributed by atoms with E-state index in [0.717, 1.165) is 22.6 Å². The second kappa shape index (κ2) is 6.17. The van der Waals surface area contributed by atoms with E-state index in [1.165, 1.54) is 0 Å². The van der Waals surface area contributed by atoms with E-state index in [1.807, 2.05) is 18.2 Å². The van der Waals surface area contributed by atoms with Gasteiger partial charge < -0.3 is 9.84 Å². The van der Waals surface area contributed by atoms with Crippen molar-refractivity contribution in [1.29, 1.82) is 0 Å². The lowest BCUT2D eigenvalue weighted by atomic mass is 10.2. The molecule has 2 aromatic rings. The number of aromatic nitrogens is 2. The largest absolute Gasteiger partial charge is 0.392 e. The van der Waals surface area contributed by atoms with Gasteiger partial charge in [-0.3, -0.25) is 9.13 Å². The normalized spacial score (nSPS) is 12.2. The van der Waals surface area contributed by atoms with Gasteiger partial charge in [0.25, 0.3) is 0 Å². The highest BCUT2D eigenvalue weighted by Gasteiger charge is 2.15. The Labute approximate surface area is 125 Å². The molecule has 0 atom stereocenters. The van der Waals surface area contributed by atoms with Crippen LogP contribution in [0.3, 0.4) is 0 Å². The monoisotopic (exact) mass is 308 g/mol. The molecular weight excluding hydrogens is 284 g/mol. The van der Waals surface area contributed by atoms with Crippen molar-refractivity contribution in [3.8, 4) is 0 Å². The average Bonchev–Trinajstić information content (AvgIpc) is 2.67. The molecule has 1 aromatic carbocycles. The predicted octanol–water partition coefficient (Wildman–Crippen LogP) is 2.14. The molecule has 21 heavy (non-hydrogen) atoms. The van der Waals surface area contributed by atoms with Crippen molar-refractivity contribution >= 4 is 19.1 Å². The first kappa shape index (κ1) is 16.0. The Hall–Kier alpha value is -1.37. The minimum Gasteiger partial charge on any atom is -0.392 e. The van der Waals surface area contributed by atoms with Crippen LogP contribution >= 0.6 is 0 Å². The fraction of sp³-hybridized carbons (Fsp3) is 0.533. The zero-order valence-corrected chi connectivity index (χ0v) is 14.2.